The van der Waals surface area contributed by atoms with E-state index in [4.69, 9.17) is 15.0 Å². The monoisotopic (exact) mass is 542 g/mol. The first-order valence-corrected chi connectivity index (χ1v) is 15.5. The summed E-state index contributed by atoms with van der Waals surface area (Å²) in [4.78, 5) is 22.5. The number of pyridine rings is 3. The van der Waals surface area contributed by atoms with Gasteiger partial charge in [0.25, 0.3) is 0 Å². The van der Waals surface area contributed by atoms with Crippen molar-refractivity contribution in [2.75, 3.05) is 14.1 Å². The molecule has 1 aliphatic heterocycles. The molecular weight excluding hydrogens is 492 g/mol. The molecule has 0 amide bonds. The maximum Gasteiger partial charge on any atom is 0.0548 e. The molecule has 4 rings (SSSR count). The van der Waals surface area contributed by atoms with Gasteiger partial charge < -0.3 is 0 Å². The summed E-state index contributed by atoms with van der Waals surface area (Å²) in [5.74, 6) is 0. The highest BCUT2D eigenvalue weighted by molar-refractivity contribution is 5.16. The molecule has 0 fully saturated rings. The number of rotatable bonds is 9. The Labute approximate surface area is 242 Å². The van der Waals surface area contributed by atoms with Crippen LogP contribution in [-0.4, -0.2) is 49.8 Å². The Morgan fingerprint density at radius 1 is 0.525 bits per heavy atom. The third-order valence-corrected chi connectivity index (χ3v) is 7.83. The van der Waals surface area contributed by atoms with Crippen LogP contribution < -0.4 is 0 Å². The van der Waals surface area contributed by atoms with E-state index < -0.39 is 0 Å². The molecule has 1 unspecified atom stereocenters. The Kier molecular flexibility index (Phi) is 12.1. The second kappa shape index (κ2) is 15.9. The normalized spacial score (nSPS) is 16.8. The van der Waals surface area contributed by atoms with E-state index in [1.807, 2.05) is 0 Å². The van der Waals surface area contributed by atoms with Gasteiger partial charge in [0, 0.05) is 45.3 Å². The highest BCUT2D eigenvalue weighted by atomic mass is 15.2. The zero-order chi connectivity index (χ0) is 28.2. The Balaban J connectivity index is 1.62. The minimum atomic E-state index is 0.537. The molecule has 6 bridgehead atoms. The fourth-order valence-corrected chi connectivity index (χ4v) is 5.89. The van der Waals surface area contributed by atoms with Crippen molar-refractivity contribution in [3.63, 3.8) is 0 Å². The van der Waals surface area contributed by atoms with Crippen LogP contribution in [0.25, 0.3) is 0 Å². The van der Waals surface area contributed by atoms with Crippen molar-refractivity contribution in [1.82, 2.24) is 29.7 Å². The lowest BCUT2D eigenvalue weighted by atomic mass is 10.0. The van der Waals surface area contributed by atoms with Gasteiger partial charge in [-0.15, -0.1) is 0 Å². The van der Waals surface area contributed by atoms with Crippen molar-refractivity contribution in [1.29, 1.82) is 0 Å². The minimum absolute atomic E-state index is 0.537. The Morgan fingerprint density at radius 3 is 1.32 bits per heavy atom. The number of fused-ring (bicyclic) bond motifs is 6. The zero-order valence-corrected chi connectivity index (χ0v) is 25.4. The largest absolute Gasteiger partial charge is 0.295 e. The van der Waals surface area contributed by atoms with Crippen LogP contribution in [-0.2, 0) is 39.3 Å². The molecule has 0 N–H and O–H groups in total. The van der Waals surface area contributed by atoms with E-state index in [2.05, 4.69) is 97.2 Å². The molecule has 3 aromatic rings. The number of unbranched alkanes of at least 4 members (excludes halogenated alkanes) is 4. The van der Waals surface area contributed by atoms with Crippen molar-refractivity contribution in [2.45, 2.75) is 111 Å². The van der Waals surface area contributed by atoms with Crippen LogP contribution in [0, 0.1) is 0 Å². The number of hydrogen-bond acceptors (Lipinski definition) is 6. The third-order valence-electron chi connectivity index (χ3n) is 7.83. The van der Waals surface area contributed by atoms with Crippen molar-refractivity contribution < 1.29 is 0 Å². The molecular formula is C34H50N6. The van der Waals surface area contributed by atoms with Crippen molar-refractivity contribution in [2.24, 2.45) is 0 Å². The highest BCUT2D eigenvalue weighted by Crippen LogP contribution is 2.22. The fourth-order valence-electron chi connectivity index (χ4n) is 5.89. The molecule has 6 nitrogen and oxygen atoms in total. The number of aromatic nitrogens is 3. The molecule has 6 heteroatoms. The Hall–Kier alpha value is -2.67. The lowest BCUT2D eigenvalue weighted by Gasteiger charge is -2.32. The van der Waals surface area contributed by atoms with E-state index in [0.717, 1.165) is 73.4 Å². The average molecular weight is 543 g/mol. The summed E-state index contributed by atoms with van der Waals surface area (Å²) in [6.07, 6.45) is 10.3. The van der Waals surface area contributed by atoms with Gasteiger partial charge >= 0.3 is 0 Å². The first-order chi connectivity index (χ1) is 19.5. The van der Waals surface area contributed by atoms with E-state index in [0.29, 0.717) is 6.04 Å². The van der Waals surface area contributed by atoms with Gasteiger partial charge in [0.2, 0.25) is 0 Å². The molecule has 0 saturated carbocycles. The Bertz CT molecular complexity index is 1090. The van der Waals surface area contributed by atoms with Crippen molar-refractivity contribution in [3.05, 3.63) is 88.8 Å². The second-order valence-corrected chi connectivity index (χ2v) is 11.8. The summed E-state index contributed by atoms with van der Waals surface area (Å²) in [5.41, 5.74) is 6.72. The van der Waals surface area contributed by atoms with Gasteiger partial charge in [0.15, 0.2) is 0 Å². The van der Waals surface area contributed by atoms with Crippen molar-refractivity contribution >= 4 is 0 Å². The van der Waals surface area contributed by atoms with Gasteiger partial charge in [0.1, 0.15) is 0 Å². The van der Waals surface area contributed by atoms with Gasteiger partial charge in [-0.05, 0) is 63.3 Å². The SMILES string of the molecule is CCCCCCCC(CCC)N1Cc2cccc(n2)CN(C)Cc2cccc(n2)CN(C)Cc2cccc(n2)C1. The summed E-state index contributed by atoms with van der Waals surface area (Å²) >= 11 is 0. The standard InChI is InChI=1S/C34H50N6/c1-5-7-8-9-10-21-34(14-6-2)40-26-32-19-12-17-30(36-32)24-38(3)22-28-15-11-16-29(35-28)23-39(4)25-31-18-13-20-33(27-40)37-31/h11-13,15-20,34H,5-10,14,21-27H2,1-4H3. The molecule has 216 valence electrons. The maximum atomic E-state index is 5.14. The van der Waals surface area contributed by atoms with Gasteiger partial charge in [-0.2, -0.15) is 0 Å². The van der Waals surface area contributed by atoms with E-state index in [1.54, 1.807) is 0 Å². The number of nitrogens with zero attached hydrogens (tertiary/aromatic N) is 6. The molecule has 1 atom stereocenters. The van der Waals surface area contributed by atoms with E-state index in [-0.39, 0.29) is 0 Å². The topological polar surface area (TPSA) is 48.4 Å². The van der Waals surface area contributed by atoms with E-state index >= 15 is 0 Å². The molecule has 0 aromatic carbocycles. The quantitative estimate of drug-likeness (QED) is 0.272. The van der Waals surface area contributed by atoms with Crippen molar-refractivity contribution in [3.8, 4) is 0 Å². The lowest BCUT2D eigenvalue weighted by Crippen LogP contribution is -2.35. The van der Waals surface area contributed by atoms with Crippen LogP contribution >= 0.6 is 0 Å². The van der Waals surface area contributed by atoms with Gasteiger partial charge in [0.05, 0.1) is 34.2 Å². The van der Waals surface area contributed by atoms with Crippen LogP contribution in [0.5, 0.6) is 0 Å². The van der Waals surface area contributed by atoms with Gasteiger partial charge in [-0.1, -0.05) is 70.6 Å². The van der Waals surface area contributed by atoms with Crippen LogP contribution in [0.2, 0.25) is 0 Å². The molecule has 4 heterocycles. The van der Waals surface area contributed by atoms with Crippen LogP contribution in [0.4, 0.5) is 0 Å². The van der Waals surface area contributed by atoms with Gasteiger partial charge in [-0.25, -0.2) is 0 Å². The summed E-state index contributed by atoms with van der Waals surface area (Å²) in [6.45, 7) is 9.53. The summed E-state index contributed by atoms with van der Waals surface area (Å²) in [7, 11) is 4.32. The predicted octanol–water partition coefficient (Wildman–Crippen LogP) is 6.98. The molecule has 3 aromatic heterocycles. The molecule has 1 aliphatic rings. The van der Waals surface area contributed by atoms with Crippen LogP contribution in [0.1, 0.15) is 99.4 Å². The second-order valence-electron chi connectivity index (χ2n) is 11.8. The molecule has 0 aliphatic carbocycles. The first-order valence-electron chi connectivity index (χ1n) is 15.5. The molecule has 40 heavy (non-hydrogen) atoms. The summed E-state index contributed by atoms with van der Waals surface area (Å²) in [5, 5.41) is 0. The highest BCUT2D eigenvalue weighted by Gasteiger charge is 2.20. The zero-order valence-electron chi connectivity index (χ0n) is 25.4. The Morgan fingerprint density at radius 2 is 0.925 bits per heavy atom. The molecule has 0 spiro atoms. The third kappa shape index (κ3) is 9.76. The molecule has 0 saturated heterocycles. The minimum Gasteiger partial charge on any atom is -0.295 e. The van der Waals surface area contributed by atoms with E-state index in [9.17, 15) is 0 Å². The number of hydrogen-bond donors (Lipinski definition) is 0. The summed E-state index contributed by atoms with van der Waals surface area (Å²) in [6, 6.07) is 20.0. The van der Waals surface area contributed by atoms with E-state index in [1.165, 1.54) is 51.4 Å². The smallest absolute Gasteiger partial charge is 0.0548 e. The maximum absolute atomic E-state index is 5.14. The molecule has 0 radical (unpaired) electrons. The van der Waals surface area contributed by atoms with Crippen LogP contribution in [0.3, 0.4) is 0 Å². The lowest BCUT2D eigenvalue weighted by molar-refractivity contribution is 0.151. The summed E-state index contributed by atoms with van der Waals surface area (Å²) < 4.78 is 0. The predicted molar refractivity (Wildman–Crippen MR) is 164 cm³/mol. The van der Waals surface area contributed by atoms with Crippen LogP contribution in [0.15, 0.2) is 54.6 Å². The van der Waals surface area contributed by atoms with Gasteiger partial charge in [-0.3, -0.25) is 29.7 Å². The fraction of sp³-hybridized carbons (Fsp3) is 0.559. The average Bonchev–Trinajstić information content (AvgIpc) is 2.92. The first kappa shape index (κ1) is 30.3.